The van der Waals surface area contributed by atoms with Gasteiger partial charge in [-0.2, -0.15) is 13.2 Å². The fraction of sp³-hybridized carbons (Fsp3) is 0.400. The summed E-state index contributed by atoms with van der Waals surface area (Å²) in [7, 11) is 0. The first kappa shape index (κ1) is 17.5. The average Bonchev–Trinajstić information content (AvgIpc) is 2.66. The van der Waals surface area contributed by atoms with E-state index in [-0.39, 0.29) is 0 Å². The maximum atomic E-state index is 12.8. The smallest absolute Gasteiger partial charge is 0.293 e. The first-order valence-electron chi connectivity index (χ1n) is 8.79. The monoisotopic (exact) mass is 363 g/mol. The SMILES string of the molecule is NC1(c2ccc(C(F)(F)F)cc2)OOC2(CCCCC2)c2ccccc21. The third-order valence-corrected chi connectivity index (χ3v) is 5.45. The van der Waals surface area contributed by atoms with Crippen LogP contribution in [-0.4, -0.2) is 0 Å². The van der Waals surface area contributed by atoms with Gasteiger partial charge in [0.25, 0.3) is 0 Å². The molecule has 2 aliphatic rings. The molecule has 1 heterocycles. The third kappa shape index (κ3) is 2.73. The van der Waals surface area contributed by atoms with Gasteiger partial charge in [0, 0.05) is 11.1 Å². The molecule has 0 amide bonds. The quantitative estimate of drug-likeness (QED) is 0.726. The number of rotatable bonds is 1. The molecule has 26 heavy (non-hydrogen) atoms. The Balaban J connectivity index is 1.78. The van der Waals surface area contributed by atoms with Crippen molar-refractivity contribution < 1.29 is 22.9 Å². The molecule has 1 saturated carbocycles. The summed E-state index contributed by atoms with van der Waals surface area (Å²) in [5.41, 5.74) is 5.95. The molecule has 1 unspecified atom stereocenters. The zero-order chi connectivity index (χ0) is 18.4. The van der Waals surface area contributed by atoms with Gasteiger partial charge in [-0.25, -0.2) is 9.78 Å². The van der Waals surface area contributed by atoms with Crippen LogP contribution in [0.25, 0.3) is 0 Å². The lowest BCUT2D eigenvalue weighted by atomic mass is 9.75. The molecule has 2 aromatic rings. The Morgan fingerprint density at radius 2 is 1.42 bits per heavy atom. The molecule has 1 fully saturated rings. The van der Waals surface area contributed by atoms with Crippen LogP contribution >= 0.6 is 0 Å². The van der Waals surface area contributed by atoms with Gasteiger partial charge in [-0.15, -0.1) is 0 Å². The highest BCUT2D eigenvalue weighted by Crippen LogP contribution is 2.49. The average molecular weight is 363 g/mol. The summed E-state index contributed by atoms with van der Waals surface area (Å²) in [5, 5.41) is 0. The van der Waals surface area contributed by atoms with Crippen LogP contribution in [-0.2, 0) is 27.3 Å². The third-order valence-electron chi connectivity index (χ3n) is 5.45. The molecule has 2 aromatic carbocycles. The molecular formula is C20H20F3NO2. The van der Waals surface area contributed by atoms with E-state index in [0.717, 1.165) is 55.4 Å². The summed E-state index contributed by atoms with van der Waals surface area (Å²) in [5.74, 6) is 0. The van der Waals surface area contributed by atoms with Crippen molar-refractivity contribution in [2.75, 3.05) is 0 Å². The molecule has 138 valence electrons. The Bertz CT molecular complexity index is 797. The summed E-state index contributed by atoms with van der Waals surface area (Å²) in [4.78, 5) is 11.5. The highest BCUT2D eigenvalue weighted by molar-refractivity contribution is 5.45. The zero-order valence-corrected chi connectivity index (χ0v) is 14.2. The summed E-state index contributed by atoms with van der Waals surface area (Å²) in [6.45, 7) is 0. The maximum Gasteiger partial charge on any atom is 0.416 e. The molecule has 1 aliphatic carbocycles. The minimum Gasteiger partial charge on any atom is -0.293 e. The standard InChI is InChI=1S/C20H20F3NO2/c21-20(22,23)15-10-8-14(9-11-15)19(24)17-7-3-2-6-16(17)18(25-26-19)12-4-1-5-13-18/h2-3,6-11H,1,4-5,12-13,24H2. The van der Waals surface area contributed by atoms with E-state index in [9.17, 15) is 13.2 Å². The van der Waals surface area contributed by atoms with E-state index in [4.69, 9.17) is 15.5 Å². The molecule has 3 nitrogen and oxygen atoms in total. The molecule has 0 radical (unpaired) electrons. The van der Waals surface area contributed by atoms with Crippen molar-refractivity contribution in [1.82, 2.24) is 0 Å². The van der Waals surface area contributed by atoms with Gasteiger partial charge in [0.05, 0.1) is 5.56 Å². The normalized spacial score (nSPS) is 25.1. The predicted octanol–water partition coefficient (Wildman–Crippen LogP) is 4.99. The number of fused-ring (bicyclic) bond motifs is 2. The lowest BCUT2D eigenvalue weighted by Crippen LogP contribution is -2.51. The molecule has 6 heteroatoms. The lowest BCUT2D eigenvalue weighted by Gasteiger charge is -2.46. The largest absolute Gasteiger partial charge is 0.416 e. The van der Waals surface area contributed by atoms with Crippen molar-refractivity contribution in [3.05, 3.63) is 70.8 Å². The molecule has 1 aliphatic heterocycles. The topological polar surface area (TPSA) is 44.5 Å². The predicted molar refractivity (Wildman–Crippen MR) is 89.8 cm³/mol. The first-order chi connectivity index (χ1) is 12.4. The van der Waals surface area contributed by atoms with Gasteiger partial charge in [0.15, 0.2) is 0 Å². The fourth-order valence-corrected chi connectivity index (χ4v) is 4.03. The second-order valence-corrected chi connectivity index (χ2v) is 7.08. The van der Waals surface area contributed by atoms with Crippen molar-refractivity contribution in [3.63, 3.8) is 0 Å². The summed E-state index contributed by atoms with van der Waals surface area (Å²) in [6, 6.07) is 12.4. The van der Waals surface area contributed by atoms with E-state index in [1.165, 1.54) is 12.1 Å². The Morgan fingerprint density at radius 3 is 2.04 bits per heavy atom. The molecule has 4 rings (SSSR count). The van der Waals surface area contributed by atoms with Gasteiger partial charge >= 0.3 is 6.18 Å². The van der Waals surface area contributed by atoms with Gasteiger partial charge in [-0.3, -0.25) is 5.73 Å². The van der Waals surface area contributed by atoms with E-state index in [1.54, 1.807) is 0 Å². The van der Waals surface area contributed by atoms with E-state index in [1.807, 2.05) is 24.3 Å². The van der Waals surface area contributed by atoms with Crippen LogP contribution < -0.4 is 5.73 Å². The van der Waals surface area contributed by atoms with Gasteiger partial charge in [0.1, 0.15) is 5.60 Å². The van der Waals surface area contributed by atoms with Crippen molar-refractivity contribution in [2.45, 2.75) is 49.6 Å². The minimum atomic E-state index is -4.39. The number of benzene rings is 2. The summed E-state index contributed by atoms with van der Waals surface area (Å²) in [6.07, 6.45) is 0.513. The van der Waals surface area contributed by atoms with E-state index in [2.05, 4.69) is 0 Å². The number of halogens is 3. The molecular weight excluding hydrogens is 343 g/mol. The maximum absolute atomic E-state index is 12.8. The highest BCUT2D eigenvalue weighted by Gasteiger charge is 2.49. The van der Waals surface area contributed by atoms with E-state index >= 15 is 0 Å². The molecule has 0 bridgehead atoms. The fourth-order valence-electron chi connectivity index (χ4n) is 4.03. The second kappa shape index (κ2) is 6.08. The van der Waals surface area contributed by atoms with Crippen molar-refractivity contribution in [3.8, 4) is 0 Å². The van der Waals surface area contributed by atoms with Crippen molar-refractivity contribution in [2.24, 2.45) is 5.73 Å². The number of alkyl halides is 3. The highest BCUT2D eigenvalue weighted by atomic mass is 19.4. The van der Waals surface area contributed by atoms with Crippen molar-refractivity contribution in [1.29, 1.82) is 0 Å². The Kier molecular flexibility index (Phi) is 4.10. The molecule has 0 saturated heterocycles. The molecule has 1 atom stereocenters. The lowest BCUT2D eigenvalue weighted by molar-refractivity contribution is -0.431. The van der Waals surface area contributed by atoms with E-state index in [0.29, 0.717) is 5.56 Å². The van der Waals surface area contributed by atoms with Gasteiger partial charge in [-0.05, 0) is 30.5 Å². The second-order valence-electron chi connectivity index (χ2n) is 7.08. The van der Waals surface area contributed by atoms with Crippen molar-refractivity contribution >= 4 is 0 Å². The Hall–Kier alpha value is -1.89. The van der Waals surface area contributed by atoms with Crippen LogP contribution in [0.1, 0.15) is 54.4 Å². The number of hydrogen-bond donors (Lipinski definition) is 1. The molecule has 0 aromatic heterocycles. The first-order valence-corrected chi connectivity index (χ1v) is 8.79. The van der Waals surface area contributed by atoms with E-state index < -0.39 is 23.1 Å². The van der Waals surface area contributed by atoms with Crippen LogP contribution in [0.15, 0.2) is 48.5 Å². The van der Waals surface area contributed by atoms with Gasteiger partial charge < -0.3 is 0 Å². The van der Waals surface area contributed by atoms with Crippen LogP contribution in [0.4, 0.5) is 13.2 Å². The molecule has 2 N–H and O–H groups in total. The Morgan fingerprint density at radius 1 is 0.808 bits per heavy atom. The molecule has 1 spiro atoms. The van der Waals surface area contributed by atoms with Crippen LogP contribution in [0.3, 0.4) is 0 Å². The number of hydrogen-bond acceptors (Lipinski definition) is 3. The number of nitrogens with two attached hydrogens (primary N) is 1. The van der Waals surface area contributed by atoms with Gasteiger partial charge in [0.2, 0.25) is 5.72 Å². The summed E-state index contributed by atoms with van der Waals surface area (Å²) >= 11 is 0. The minimum absolute atomic E-state index is 0.420. The van der Waals surface area contributed by atoms with Gasteiger partial charge in [-0.1, -0.05) is 55.7 Å². The Labute approximate surface area is 149 Å². The van der Waals surface area contributed by atoms with Crippen LogP contribution in [0, 0.1) is 0 Å². The van der Waals surface area contributed by atoms with Crippen LogP contribution in [0.2, 0.25) is 0 Å². The van der Waals surface area contributed by atoms with Crippen LogP contribution in [0.5, 0.6) is 0 Å². The zero-order valence-electron chi connectivity index (χ0n) is 14.2. The summed E-state index contributed by atoms with van der Waals surface area (Å²) < 4.78 is 38.5.